The quantitative estimate of drug-likeness (QED) is 0.943. The molecule has 21 heavy (non-hydrogen) atoms. The zero-order valence-corrected chi connectivity index (χ0v) is 12.7. The molecule has 0 fully saturated rings. The van der Waals surface area contributed by atoms with Crippen molar-refractivity contribution >= 4 is 10.8 Å². The number of halogens is 1. The van der Waals surface area contributed by atoms with E-state index in [0.717, 1.165) is 12.8 Å². The second-order valence-corrected chi connectivity index (χ2v) is 6.97. The van der Waals surface area contributed by atoms with E-state index in [4.69, 9.17) is 0 Å². The molecule has 1 aliphatic rings. The van der Waals surface area contributed by atoms with Gasteiger partial charge in [0.25, 0.3) is 0 Å². The lowest BCUT2D eigenvalue weighted by atomic mass is 9.87. The number of hydrogen-bond donors (Lipinski definition) is 1. The van der Waals surface area contributed by atoms with Crippen LogP contribution in [0, 0.1) is 5.82 Å². The molecule has 0 saturated carbocycles. The minimum absolute atomic E-state index is 0.0355. The highest BCUT2D eigenvalue weighted by molar-refractivity contribution is 7.85. The van der Waals surface area contributed by atoms with Crippen LogP contribution in [0.2, 0.25) is 0 Å². The summed E-state index contributed by atoms with van der Waals surface area (Å²) in [5.41, 5.74) is 2.52. The number of benzene rings is 2. The first-order chi connectivity index (χ1) is 10.2. The summed E-state index contributed by atoms with van der Waals surface area (Å²) in [6, 6.07) is 14.4. The first-order valence-electron chi connectivity index (χ1n) is 7.12. The Kier molecular flexibility index (Phi) is 4.17. The van der Waals surface area contributed by atoms with Gasteiger partial charge in [-0.3, -0.25) is 4.21 Å². The molecule has 4 heteroatoms. The minimum Gasteiger partial charge on any atom is -0.312 e. The van der Waals surface area contributed by atoms with Gasteiger partial charge in [0.2, 0.25) is 0 Å². The van der Waals surface area contributed by atoms with Crippen molar-refractivity contribution in [3.63, 3.8) is 0 Å². The molecule has 110 valence electrons. The second kappa shape index (κ2) is 6.08. The van der Waals surface area contributed by atoms with Crippen LogP contribution in [0.1, 0.15) is 23.6 Å². The zero-order chi connectivity index (χ0) is 14.8. The Morgan fingerprint density at radius 3 is 2.76 bits per heavy atom. The van der Waals surface area contributed by atoms with Crippen molar-refractivity contribution in [2.45, 2.75) is 29.0 Å². The molecule has 0 aromatic heterocycles. The SMILES string of the molecule is CNC1c2ccccc2CCC1S(=O)c1cccc(F)c1. The van der Waals surface area contributed by atoms with Crippen LogP contribution < -0.4 is 5.32 Å². The average molecular weight is 303 g/mol. The van der Waals surface area contributed by atoms with Crippen LogP contribution in [0.3, 0.4) is 0 Å². The highest BCUT2D eigenvalue weighted by atomic mass is 32.2. The topological polar surface area (TPSA) is 29.1 Å². The summed E-state index contributed by atoms with van der Waals surface area (Å²) in [4.78, 5) is 0.569. The van der Waals surface area contributed by atoms with E-state index < -0.39 is 10.8 Å². The third kappa shape index (κ3) is 2.78. The van der Waals surface area contributed by atoms with Crippen molar-refractivity contribution < 1.29 is 8.60 Å². The molecule has 0 saturated heterocycles. The fourth-order valence-corrected chi connectivity index (χ4v) is 4.72. The number of fused-ring (bicyclic) bond motifs is 1. The molecule has 1 N–H and O–H groups in total. The highest BCUT2D eigenvalue weighted by Gasteiger charge is 2.33. The largest absolute Gasteiger partial charge is 0.312 e. The lowest BCUT2D eigenvalue weighted by Crippen LogP contribution is -2.37. The van der Waals surface area contributed by atoms with E-state index >= 15 is 0 Å². The summed E-state index contributed by atoms with van der Waals surface area (Å²) < 4.78 is 26.2. The molecule has 3 rings (SSSR count). The van der Waals surface area contributed by atoms with Crippen molar-refractivity contribution in [1.82, 2.24) is 5.32 Å². The second-order valence-electron chi connectivity index (χ2n) is 5.30. The van der Waals surface area contributed by atoms with Gasteiger partial charge in [-0.15, -0.1) is 0 Å². The number of aryl methyl sites for hydroxylation is 1. The monoisotopic (exact) mass is 303 g/mol. The highest BCUT2D eigenvalue weighted by Crippen LogP contribution is 2.34. The van der Waals surface area contributed by atoms with E-state index in [2.05, 4.69) is 17.4 Å². The molecule has 0 radical (unpaired) electrons. The molecular weight excluding hydrogens is 285 g/mol. The van der Waals surface area contributed by atoms with Crippen LogP contribution in [0.25, 0.3) is 0 Å². The molecule has 3 atom stereocenters. The Balaban J connectivity index is 1.94. The fraction of sp³-hybridized carbons (Fsp3) is 0.294. The Labute approximate surface area is 126 Å². The smallest absolute Gasteiger partial charge is 0.124 e. The Hall–Kier alpha value is -1.52. The van der Waals surface area contributed by atoms with E-state index in [1.54, 1.807) is 12.1 Å². The molecule has 0 bridgehead atoms. The summed E-state index contributed by atoms with van der Waals surface area (Å²) in [7, 11) is 0.672. The Morgan fingerprint density at radius 1 is 1.19 bits per heavy atom. The van der Waals surface area contributed by atoms with Gasteiger partial charge < -0.3 is 5.32 Å². The predicted octanol–water partition coefficient (Wildman–Crippen LogP) is 3.21. The predicted molar refractivity (Wildman–Crippen MR) is 83.2 cm³/mol. The van der Waals surface area contributed by atoms with Crippen LogP contribution in [-0.2, 0) is 17.2 Å². The van der Waals surface area contributed by atoms with Crippen molar-refractivity contribution in [1.29, 1.82) is 0 Å². The zero-order valence-electron chi connectivity index (χ0n) is 11.9. The molecule has 0 spiro atoms. The van der Waals surface area contributed by atoms with E-state index in [1.165, 1.54) is 23.3 Å². The van der Waals surface area contributed by atoms with Crippen molar-refractivity contribution in [2.75, 3.05) is 7.05 Å². The summed E-state index contributed by atoms with van der Waals surface area (Å²) in [5.74, 6) is -0.335. The van der Waals surface area contributed by atoms with E-state index in [1.807, 2.05) is 19.2 Å². The van der Waals surface area contributed by atoms with Gasteiger partial charge in [-0.1, -0.05) is 30.3 Å². The fourth-order valence-electron chi connectivity index (χ4n) is 3.07. The Morgan fingerprint density at radius 2 is 2.00 bits per heavy atom. The van der Waals surface area contributed by atoms with Crippen LogP contribution in [0.15, 0.2) is 53.4 Å². The lowest BCUT2D eigenvalue weighted by molar-refractivity contribution is 0.497. The molecule has 2 nitrogen and oxygen atoms in total. The molecule has 2 aromatic carbocycles. The number of rotatable bonds is 3. The normalized spacial score (nSPS) is 22.6. The third-order valence-electron chi connectivity index (χ3n) is 4.07. The van der Waals surface area contributed by atoms with Crippen LogP contribution in [0.5, 0.6) is 0 Å². The van der Waals surface area contributed by atoms with Gasteiger partial charge in [-0.2, -0.15) is 0 Å². The molecule has 0 amide bonds. The first kappa shape index (κ1) is 14.4. The number of hydrogen-bond acceptors (Lipinski definition) is 2. The Bertz CT molecular complexity index is 673. The number of nitrogens with one attached hydrogen (secondary N) is 1. The van der Waals surface area contributed by atoms with E-state index in [0.29, 0.717) is 4.90 Å². The molecule has 3 unspecified atom stereocenters. The molecule has 2 aromatic rings. The van der Waals surface area contributed by atoms with Gasteiger partial charge in [0.05, 0.1) is 16.0 Å². The van der Waals surface area contributed by atoms with Gasteiger partial charge in [0.1, 0.15) is 5.82 Å². The lowest BCUT2D eigenvalue weighted by Gasteiger charge is -2.32. The van der Waals surface area contributed by atoms with Gasteiger partial charge >= 0.3 is 0 Å². The maximum atomic E-state index is 13.4. The molecular formula is C17H18FNOS. The average Bonchev–Trinajstić information content (AvgIpc) is 2.53. The van der Waals surface area contributed by atoms with Crippen LogP contribution in [0.4, 0.5) is 4.39 Å². The van der Waals surface area contributed by atoms with Crippen molar-refractivity contribution in [2.24, 2.45) is 0 Å². The minimum atomic E-state index is -1.22. The standard InChI is InChI=1S/C17H18FNOS/c1-19-17-15-8-3-2-5-12(15)9-10-16(17)21(20)14-7-4-6-13(18)11-14/h2-8,11,16-17,19H,9-10H2,1H3. The molecule has 0 heterocycles. The maximum absolute atomic E-state index is 13.4. The van der Waals surface area contributed by atoms with E-state index in [9.17, 15) is 8.60 Å². The summed E-state index contributed by atoms with van der Waals surface area (Å²) in [5, 5.41) is 3.25. The van der Waals surface area contributed by atoms with E-state index in [-0.39, 0.29) is 17.1 Å². The van der Waals surface area contributed by atoms with Crippen LogP contribution in [-0.4, -0.2) is 16.5 Å². The van der Waals surface area contributed by atoms with Gasteiger partial charge in [0, 0.05) is 10.9 Å². The van der Waals surface area contributed by atoms with Crippen molar-refractivity contribution in [3.05, 3.63) is 65.5 Å². The maximum Gasteiger partial charge on any atom is 0.124 e. The van der Waals surface area contributed by atoms with Gasteiger partial charge in [-0.05, 0) is 49.2 Å². The van der Waals surface area contributed by atoms with Crippen molar-refractivity contribution in [3.8, 4) is 0 Å². The van der Waals surface area contributed by atoms with Crippen LogP contribution >= 0.6 is 0 Å². The van der Waals surface area contributed by atoms with Gasteiger partial charge in [0.15, 0.2) is 0 Å². The summed E-state index contributed by atoms with van der Waals surface area (Å²) in [6.07, 6.45) is 1.76. The first-order valence-corrected chi connectivity index (χ1v) is 8.33. The third-order valence-corrected chi connectivity index (χ3v) is 5.85. The summed E-state index contributed by atoms with van der Waals surface area (Å²) >= 11 is 0. The molecule has 0 aliphatic heterocycles. The summed E-state index contributed by atoms with van der Waals surface area (Å²) in [6.45, 7) is 0. The molecule has 1 aliphatic carbocycles. The van der Waals surface area contributed by atoms with Gasteiger partial charge in [-0.25, -0.2) is 4.39 Å².